The first-order chi connectivity index (χ1) is 16.5. The van der Waals surface area contributed by atoms with Gasteiger partial charge in [-0.1, -0.05) is 12.1 Å². The van der Waals surface area contributed by atoms with E-state index in [2.05, 4.69) is 15.9 Å². The molecule has 0 aromatic heterocycles. The Hall–Kier alpha value is -2.08. The minimum Gasteiger partial charge on any atom is -0.495 e. The van der Waals surface area contributed by atoms with Gasteiger partial charge >= 0.3 is 0 Å². The molecule has 2 saturated heterocycles. The molecular formula is C24H34ClN3O6S. The number of halogens is 1. The summed E-state index contributed by atoms with van der Waals surface area (Å²) in [5.74, 6) is 1.40. The van der Waals surface area contributed by atoms with Crippen LogP contribution >= 0.6 is 12.4 Å². The van der Waals surface area contributed by atoms with Crippen LogP contribution in [0.15, 0.2) is 53.4 Å². The molecule has 0 spiro atoms. The SMILES string of the molecule is COc1ccccc1N1CCN(CC(O)COc2ccc(S(=O)(=O)N3CCOCC3)cc2)CC1.Cl. The van der Waals surface area contributed by atoms with Crippen molar-refractivity contribution in [3.8, 4) is 11.5 Å². The summed E-state index contributed by atoms with van der Waals surface area (Å²) < 4.78 is 43.3. The number of para-hydroxylation sites is 2. The van der Waals surface area contributed by atoms with Crippen LogP contribution in [0.4, 0.5) is 5.69 Å². The molecule has 35 heavy (non-hydrogen) atoms. The van der Waals surface area contributed by atoms with E-state index >= 15 is 0 Å². The minimum atomic E-state index is -3.53. The van der Waals surface area contributed by atoms with Crippen LogP contribution in [-0.2, 0) is 14.8 Å². The molecule has 194 valence electrons. The summed E-state index contributed by atoms with van der Waals surface area (Å²) >= 11 is 0. The fourth-order valence-electron chi connectivity index (χ4n) is 4.25. The molecule has 2 heterocycles. The molecule has 4 rings (SSSR count). The number of hydrogen-bond donors (Lipinski definition) is 1. The molecular weight excluding hydrogens is 494 g/mol. The second-order valence-corrected chi connectivity index (χ2v) is 10.4. The van der Waals surface area contributed by atoms with E-state index in [0.717, 1.165) is 37.6 Å². The van der Waals surface area contributed by atoms with Crippen molar-refractivity contribution in [2.45, 2.75) is 11.0 Å². The molecule has 0 bridgehead atoms. The van der Waals surface area contributed by atoms with Crippen LogP contribution in [0.25, 0.3) is 0 Å². The van der Waals surface area contributed by atoms with Crippen molar-refractivity contribution in [1.82, 2.24) is 9.21 Å². The van der Waals surface area contributed by atoms with Gasteiger partial charge in [0, 0.05) is 45.8 Å². The summed E-state index contributed by atoms with van der Waals surface area (Å²) in [7, 11) is -1.85. The highest BCUT2D eigenvalue weighted by atomic mass is 35.5. The Balaban J connectivity index is 0.00000342. The lowest BCUT2D eigenvalue weighted by atomic mass is 10.2. The van der Waals surface area contributed by atoms with Gasteiger partial charge in [0.05, 0.1) is 30.9 Å². The van der Waals surface area contributed by atoms with E-state index in [4.69, 9.17) is 14.2 Å². The van der Waals surface area contributed by atoms with E-state index in [1.807, 2.05) is 18.2 Å². The van der Waals surface area contributed by atoms with Gasteiger partial charge in [-0.15, -0.1) is 12.4 Å². The number of morpholine rings is 1. The van der Waals surface area contributed by atoms with Gasteiger partial charge in [0.25, 0.3) is 0 Å². The molecule has 2 aliphatic rings. The average Bonchev–Trinajstić information content (AvgIpc) is 2.88. The minimum absolute atomic E-state index is 0. The number of piperazine rings is 1. The fourth-order valence-corrected chi connectivity index (χ4v) is 5.66. The van der Waals surface area contributed by atoms with E-state index in [0.29, 0.717) is 38.6 Å². The summed E-state index contributed by atoms with van der Waals surface area (Å²) in [6.45, 7) is 5.58. The van der Waals surface area contributed by atoms with Crippen molar-refractivity contribution in [1.29, 1.82) is 0 Å². The Morgan fingerprint density at radius 1 is 0.971 bits per heavy atom. The largest absolute Gasteiger partial charge is 0.495 e. The number of sulfonamides is 1. The third kappa shape index (κ3) is 6.99. The zero-order chi connectivity index (χ0) is 24.0. The van der Waals surface area contributed by atoms with Crippen LogP contribution in [0, 0.1) is 0 Å². The topological polar surface area (TPSA) is 91.8 Å². The van der Waals surface area contributed by atoms with Gasteiger partial charge in [-0.2, -0.15) is 4.31 Å². The molecule has 0 amide bonds. The van der Waals surface area contributed by atoms with Crippen LogP contribution in [0.1, 0.15) is 0 Å². The molecule has 2 aromatic rings. The highest BCUT2D eigenvalue weighted by Crippen LogP contribution is 2.28. The van der Waals surface area contributed by atoms with Crippen LogP contribution in [0.2, 0.25) is 0 Å². The zero-order valence-corrected chi connectivity index (χ0v) is 21.5. The summed E-state index contributed by atoms with van der Waals surface area (Å²) in [4.78, 5) is 4.75. The smallest absolute Gasteiger partial charge is 0.243 e. The van der Waals surface area contributed by atoms with Gasteiger partial charge in [-0.05, 0) is 36.4 Å². The maximum absolute atomic E-state index is 12.7. The van der Waals surface area contributed by atoms with Crippen molar-refractivity contribution in [3.05, 3.63) is 48.5 Å². The van der Waals surface area contributed by atoms with Crippen molar-refractivity contribution in [3.63, 3.8) is 0 Å². The Morgan fingerprint density at radius 2 is 1.63 bits per heavy atom. The summed E-state index contributed by atoms with van der Waals surface area (Å²) in [6.07, 6.45) is -0.644. The van der Waals surface area contributed by atoms with E-state index in [-0.39, 0.29) is 23.9 Å². The average molecular weight is 528 g/mol. The van der Waals surface area contributed by atoms with E-state index < -0.39 is 16.1 Å². The number of hydrogen-bond acceptors (Lipinski definition) is 8. The van der Waals surface area contributed by atoms with Crippen molar-refractivity contribution < 1.29 is 27.7 Å². The fraction of sp³-hybridized carbons (Fsp3) is 0.500. The first kappa shape index (κ1) is 27.5. The van der Waals surface area contributed by atoms with Gasteiger partial charge in [0.15, 0.2) is 0 Å². The number of aliphatic hydroxyl groups is 1. The molecule has 2 aromatic carbocycles. The van der Waals surface area contributed by atoms with Crippen LogP contribution in [0.5, 0.6) is 11.5 Å². The molecule has 1 atom stereocenters. The number of rotatable bonds is 9. The number of β-amino-alcohol motifs (C(OH)–C–C–N with tert-alkyl or cyclic N) is 1. The summed E-state index contributed by atoms with van der Waals surface area (Å²) in [6, 6.07) is 14.4. The molecule has 0 aliphatic carbocycles. The van der Waals surface area contributed by atoms with Gasteiger partial charge in [0.2, 0.25) is 10.0 Å². The number of benzene rings is 2. The highest BCUT2D eigenvalue weighted by Gasteiger charge is 2.26. The molecule has 2 fully saturated rings. The van der Waals surface area contributed by atoms with Crippen molar-refractivity contribution in [2.75, 3.05) is 77.6 Å². The Morgan fingerprint density at radius 3 is 2.29 bits per heavy atom. The molecule has 1 unspecified atom stereocenters. The highest BCUT2D eigenvalue weighted by molar-refractivity contribution is 7.89. The third-order valence-corrected chi connectivity index (χ3v) is 8.05. The second kappa shape index (κ2) is 12.8. The zero-order valence-electron chi connectivity index (χ0n) is 19.9. The lowest BCUT2D eigenvalue weighted by molar-refractivity contribution is 0.0662. The lowest BCUT2D eigenvalue weighted by Gasteiger charge is -2.37. The summed E-state index contributed by atoms with van der Waals surface area (Å²) in [5, 5.41) is 10.5. The number of nitrogens with zero attached hydrogens (tertiary/aromatic N) is 3. The Bertz CT molecular complexity index is 1030. The van der Waals surface area contributed by atoms with E-state index in [9.17, 15) is 13.5 Å². The first-order valence-electron chi connectivity index (χ1n) is 11.6. The maximum Gasteiger partial charge on any atom is 0.243 e. The molecule has 11 heteroatoms. The second-order valence-electron chi connectivity index (χ2n) is 8.41. The molecule has 0 saturated carbocycles. The molecule has 0 radical (unpaired) electrons. The van der Waals surface area contributed by atoms with Crippen LogP contribution < -0.4 is 14.4 Å². The third-order valence-electron chi connectivity index (χ3n) is 6.14. The van der Waals surface area contributed by atoms with Gasteiger partial charge < -0.3 is 24.2 Å². The van der Waals surface area contributed by atoms with Gasteiger partial charge in [-0.25, -0.2) is 8.42 Å². The number of methoxy groups -OCH3 is 1. The van der Waals surface area contributed by atoms with Crippen LogP contribution in [0.3, 0.4) is 0 Å². The standard InChI is InChI=1S/C24H33N3O6S.ClH/c1-31-24-5-3-2-4-23(24)26-12-10-25(11-13-26)18-20(28)19-33-21-6-8-22(9-7-21)34(29,30)27-14-16-32-17-15-27;/h2-9,20,28H,10-19H2,1H3;1H. The number of ether oxygens (including phenoxy) is 3. The maximum atomic E-state index is 12.7. The van der Waals surface area contributed by atoms with Crippen LogP contribution in [-0.4, -0.2) is 102 Å². The first-order valence-corrected chi connectivity index (χ1v) is 13.0. The van der Waals surface area contributed by atoms with Gasteiger partial charge in [0.1, 0.15) is 24.2 Å². The Kier molecular flexibility index (Phi) is 10.0. The normalized spacial score (nSPS) is 18.5. The van der Waals surface area contributed by atoms with Crippen molar-refractivity contribution in [2.24, 2.45) is 0 Å². The van der Waals surface area contributed by atoms with E-state index in [1.54, 1.807) is 31.4 Å². The lowest BCUT2D eigenvalue weighted by Crippen LogP contribution is -2.49. The monoisotopic (exact) mass is 527 g/mol. The van der Waals surface area contributed by atoms with E-state index in [1.165, 1.54) is 4.31 Å². The molecule has 9 nitrogen and oxygen atoms in total. The summed E-state index contributed by atoms with van der Waals surface area (Å²) in [5.41, 5.74) is 1.09. The van der Waals surface area contributed by atoms with Crippen molar-refractivity contribution >= 4 is 28.1 Å². The predicted molar refractivity (Wildman–Crippen MR) is 136 cm³/mol. The number of anilines is 1. The van der Waals surface area contributed by atoms with Gasteiger partial charge in [-0.3, -0.25) is 4.90 Å². The molecule has 2 aliphatic heterocycles. The quantitative estimate of drug-likeness (QED) is 0.527. The Labute approximate surface area is 213 Å². The number of aliphatic hydroxyl groups excluding tert-OH is 1. The molecule has 1 N–H and O–H groups in total. The predicted octanol–water partition coefficient (Wildman–Crippen LogP) is 1.70.